The quantitative estimate of drug-likeness (QED) is 0.693. The Morgan fingerprint density at radius 3 is 2.42 bits per heavy atom. The summed E-state index contributed by atoms with van der Waals surface area (Å²) in [5.41, 5.74) is -1.69. The monoisotopic (exact) mass is 273 g/mol. The molecular weight excluding hydrogens is 250 g/mol. The van der Waals surface area contributed by atoms with Gasteiger partial charge < -0.3 is 19.8 Å². The molecule has 1 atom stereocenters. The molecule has 1 aliphatic heterocycles. The first-order valence-electron chi connectivity index (χ1n) is 6.77. The van der Waals surface area contributed by atoms with Crippen LogP contribution in [0.1, 0.15) is 39.5 Å². The van der Waals surface area contributed by atoms with Crippen LogP contribution in [0.3, 0.4) is 0 Å². The van der Waals surface area contributed by atoms with Crippen LogP contribution >= 0.6 is 0 Å². The third-order valence-corrected chi connectivity index (χ3v) is 3.51. The first kappa shape index (κ1) is 15.9. The van der Waals surface area contributed by atoms with E-state index in [0.29, 0.717) is 6.61 Å². The predicted octanol–water partition coefficient (Wildman–Crippen LogP) is 0.630. The van der Waals surface area contributed by atoms with Gasteiger partial charge in [-0.15, -0.1) is 0 Å². The van der Waals surface area contributed by atoms with Crippen LogP contribution in [0.15, 0.2) is 0 Å². The van der Waals surface area contributed by atoms with E-state index in [1.807, 2.05) is 6.92 Å². The fraction of sp³-hybridized carbons (Fsp3) is 0.846. The lowest BCUT2D eigenvalue weighted by Crippen LogP contribution is -2.52. The highest BCUT2D eigenvalue weighted by atomic mass is 16.5. The maximum Gasteiger partial charge on any atom is 0.335 e. The molecule has 1 unspecified atom stereocenters. The average Bonchev–Trinajstić information content (AvgIpc) is 2.39. The number of ether oxygens (including phenoxy) is 1. The van der Waals surface area contributed by atoms with Crippen molar-refractivity contribution < 1.29 is 24.5 Å². The van der Waals surface area contributed by atoms with E-state index in [2.05, 4.69) is 0 Å². The number of aliphatic hydroxyl groups is 1. The first-order chi connectivity index (χ1) is 8.90. The summed E-state index contributed by atoms with van der Waals surface area (Å²) in [7, 11) is 0. The molecule has 0 spiro atoms. The number of carboxylic acid groups (broad SMARTS) is 1. The van der Waals surface area contributed by atoms with Crippen molar-refractivity contribution >= 4 is 11.9 Å². The molecule has 1 saturated heterocycles. The van der Waals surface area contributed by atoms with Crippen LogP contribution in [0.25, 0.3) is 0 Å². The molecular formula is C13H23NO5. The summed E-state index contributed by atoms with van der Waals surface area (Å²) in [6, 6.07) is 0. The predicted molar refractivity (Wildman–Crippen MR) is 68.7 cm³/mol. The molecule has 1 rings (SSSR count). The zero-order valence-electron chi connectivity index (χ0n) is 11.6. The molecule has 0 saturated carbocycles. The molecule has 0 bridgehead atoms. The molecule has 2 N–H and O–H groups in total. The molecule has 0 aromatic carbocycles. The van der Waals surface area contributed by atoms with Crippen LogP contribution in [-0.4, -0.2) is 58.4 Å². The Kier molecular flexibility index (Phi) is 5.75. The number of unbranched alkanes of at least 4 members (excludes halogenated alkanes) is 1. The summed E-state index contributed by atoms with van der Waals surface area (Å²) >= 11 is 0. The van der Waals surface area contributed by atoms with Gasteiger partial charge in [-0.25, -0.2) is 4.79 Å². The van der Waals surface area contributed by atoms with Crippen molar-refractivity contribution in [2.24, 2.45) is 0 Å². The number of likely N-dealkylation sites (tertiary alicyclic amines) is 1. The van der Waals surface area contributed by atoms with E-state index in [1.54, 1.807) is 11.8 Å². The third kappa shape index (κ3) is 4.18. The Morgan fingerprint density at radius 1 is 1.37 bits per heavy atom. The summed E-state index contributed by atoms with van der Waals surface area (Å²) in [5.74, 6) is -1.35. The third-order valence-electron chi connectivity index (χ3n) is 3.51. The van der Waals surface area contributed by atoms with Crippen molar-refractivity contribution in [3.8, 4) is 0 Å². The molecule has 1 aliphatic rings. The van der Waals surface area contributed by atoms with Crippen LogP contribution in [-0.2, 0) is 14.3 Å². The van der Waals surface area contributed by atoms with Gasteiger partial charge in [-0.2, -0.15) is 0 Å². The van der Waals surface area contributed by atoms with Crippen LogP contribution < -0.4 is 0 Å². The molecule has 19 heavy (non-hydrogen) atoms. The topological polar surface area (TPSA) is 87.1 Å². The van der Waals surface area contributed by atoms with E-state index < -0.39 is 17.7 Å². The van der Waals surface area contributed by atoms with Gasteiger partial charge in [0.05, 0.1) is 0 Å². The normalized spacial score (nSPS) is 20.1. The van der Waals surface area contributed by atoms with Gasteiger partial charge in [0.1, 0.15) is 6.10 Å². The van der Waals surface area contributed by atoms with Gasteiger partial charge in [0, 0.05) is 32.5 Å². The van der Waals surface area contributed by atoms with E-state index in [4.69, 9.17) is 9.84 Å². The number of hydrogen-bond acceptors (Lipinski definition) is 4. The second-order valence-electron chi connectivity index (χ2n) is 5.03. The van der Waals surface area contributed by atoms with Crippen LogP contribution in [0.4, 0.5) is 0 Å². The molecule has 0 aliphatic carbocycles. The molecule has 110 valence electrons. The summed E-state index contributed by atoms with van der Waals surface area (Å²) in [6.07, 6.45) is 1.54. The second kappa shape index (κ2) is 6.86. The lowest BCUT2D eigenvalue weighted by Gasteiger charge is -2.36. The zero-order valence-corrected chi connectivity index (χ0v) is 11.6. The Bertz CT molecular complexity index is 323. The van der Waals surface area contributed by atoms with Gasteiger partial charge in [0.2, 0.25) is 0 Å². The number of carbonyl (C=O) groups excluding carboxylic acids is 1. The molecule has 0 aromatic rings. The van der Waals surface area contributed by atoms with Crippen LogP contribution in [0.2, 0.25) is 0 Å². The van der Waals surface area contributed by atoms with E-state index in [9.17, 15) is 14.7 Å². The number of hydrogen-bond donors (Lipinski definition) is 2. The summed E-state index contributed by atoms with van der Waals surface area (Å²) in [4.78, 5) is 24.5. The standard InChI is InChI=1S/C13H23NO5/c1-3-4-9-19-10(2)11(15)14-7-5-13(18,6-8-14)12(16)17/h10,18H,3-9H2,1-2H3,(H,16,17). The van der Waals surface area contributed by atoms with Crippen molar-refractivity contribution in [3.63, 3.8) is 0 Å². The smallest absolute Gasteiger partial charge is 0.335 e. The Hall–Kier alpha value is -1.14. The van der Waals surface area contributed by atoms with Gasteiger partial charge in [-0.3, -0.25) is 4.79 Å². The van der Waals surface area contributed by atoms with Crippen molar-refractivity contribution in [2.75, 3.05) is 19.7 Å². The van der Waals surface area contributed by atoms with Crippen molar-refractivity contribution in [3.05, 3.63) is 0 Å². The summed E-state index contributed by atoms with van der Waals surface area (Å²) in [6.45, 7) is 4.81. The fourth-order valence-electron chi connectivity index (χ4n) is 2.04. The molecule has 1 heterocycles. The number of rotatable bonds is 6. The largest absolute Gasteiger partial charge is 0.479 e. The highest BCUT2D eigenvalue weighted by Gasteiger charge is 2.40. The molecule has 6 nitrogen and oxygen atoms in total. The highest BCUT2D eigenvalue weighted by Crippen LogP contribution is 2.23. The number of piperidine rings is 1. The van der Waals surface area contributed by atoms with Gasteiger partial charge in [-0.1, -0.05) is 13.3 Å². The lowest BCUT2D eigenvalue weighted by molar-refractivity contribution is -0.167. The van der Waals surface area contributed by atoms with E-state index in [0.717, 1.165) is 12.8 Å². The molecule has 0 aromatic heterocycles. The average molecular weight is 273 g/mol. The molecule has 6 heteroatoms. The van der Waals surface area contributed by atoms with Crippen molar-refractivity contribution in [1.82, 2.24) is 4.90 Å². The second-order valence-corrected chi connectivity index (χ2v) is 5.03. The first-order valence-corrected chi connectivity index (χ1v) is 6.77. The highest BCUT2D eigenvalue weighted by molar-refractivity contribution is 5.82. The fourth-order valence-corrected chi connectivity index (χ4v) is 2.04. The van der Waals surface area contributed by atoms with Crippen LogP contribution in [0, 0.1) is 0 Å². The minimum absolute atomic E-state index is 0.0652. The number of aliphatic carboxylic acids is 1. The van der Waals surface area contributed by atoms with Crippen LogP contribution in [0.5, 0.6) is 0 Å². The molecule has 1 amide bonds. The number of carbonyl (C=O) groups is 2. The summed E-state index contributed by atoms with van der Waals surface area (Å²) in [5, 5.41) is 18.7. The summed E-state index contributed by atoms with van der Waals surface area (Å²) < 4.78 is 5.43. The maximum atomic E-state index is 12.0. The van der Waals surface area contributed by atoms with Gasteiger partial charge >= 0.3 is 5.97 Å². The van der Waals surface area contributed by atoms with Gasteiger partial charge in [-0.05, 0) is 13.3 Å². The number of carboxylic acids is 1. The lowest BCUT2D eigenvalue weighted by atomic mass is 9.91. The van der Waals surface area contributed by atoms with E-state index >= 15 is 0 Å². The number of amides is 1. The minimum Gasteiger partial charge on any atom is -0.479 e. The van der Waals surface area contributed by atoms with Crippen molar-refractivity contribution in [2.45, 2.75) is 51.2 Å². The van der Waals surface area contributed by atoms with E-state index in [1.165, 1.54) is 0 Å². The molecule has 1 fully saturated rings. The SMILES string of the molecule is CCCCOC(C)C(=O)N1CCC(O)(C(=O)O)CC1. The maximum absolute atomic E-state index is 12.0. The van der Waals surface area contributed by atoms with Gasteiger partial charge in [0.25, 0.3) is 5.91 Å². The minimum atomic E-state index is -1.69. The molecule has 0 radical (unpaired) electrons. The Labute approximate surface area is 113 Å². The number of nitrogens with zero attached hydrogens (tertiary/aromatic N) is 1. The van der Waals surface area contributed by atoms with E-state index in [-0.39, 0.29) is 31.8 Å². The Morgan fingerprint density at radius 2 is 1.95 bits per heavy atom. The Balaban J connectivity index is 2.42. The van der Waals surface area contributed by atoms with Gasteiger partial charge in [0.15, 0.2) is 5.60 Å². The zero-order chi connectivity index (χ0) is 14.5. The van der Waals surface area contributed by atoms with Crippen molar-refractivity contribution in [1.29, 1.82) is 0 Å².